The first kappa shape index (κ1) is 11.5. The van der Waals surface area contributed by atoms with Crippen LogP contribution in [0.4, 0.5) is 0 Å². The Labute approximate surface area is 107 Å². The number of tetrazole rings is 1. The van der Waals surface area contributed by atoms with Gasteiger partial charge in [0.05, 0.1) is 12.2 Å². The molecule has 1 N–H and O–H groups in total. The predicted octanol–water partition coefficient (Wildman–Crippen LogP) is 1.38. The fourth-order valence-corrected chi connectivity index (χ4v) is 1.89. The molecule has 0 spiro atoms. The Hall–Kier alpha value is -1.02. The minimum Gasteiger partial charge on any atom is -0.310 e. The first-order chi connectivity index (χ1) is 7.81. The predicted molar refractivity (Wildman–Crippen MR) is 69.3 cm³/mol. The molecular formula is C10H12IN5. The molecule has 16 heavy (non-hydrogen) atoms. The highest BCUT2D eigenvalue weighted by molar-refractivity contribution is 14.1. The van der Waals surface area contributed by atoms with Crippen molar-refractivity contribution in [3.63, 3.8) is 0 Å². The lowest BCUT2D eigenvalue weighted by atomic mass is 10.3. The fraction of sp³-hybridized carbons (Fsp3) is 0.300. The number of nitrogens with zero attached hydrogens (tertiary/aromatic N) is 4. The highest BCUT2D eigenvalue weighted by Crippen LogP contribution is 2.12. The summed E-state index contributed by atoms with van der Waals surface area (Å²) in [7, 11) is 0. The minimum atomic E-state index is 0.676. The Bertz CT molecular complexity index is 468. The largest absolute Gasteiger partial charge is 0.310 e. The Morgan fingerprint density at radius 3 is 3.06 bits per heavy atom. The van der Waals surface area contributed by atoms with E-state index in [1.165, 1.54) is 3.57 Å². The van der Waals surface area contributed by atoms with Crippen molar-refractivity contribution in [3.05, 3.63) is 33.7 Å². The molecule has 0 unspecified atom stereocenters. The highest BCUT2D eigenvalue weighted by atomic mass is 127. The molecule has 6 heteroatoms. The van der Waals surface area contributed by atoms with Gasteiger partial charge >= 0.3 is 0 Å². The average Bonchev–Trinajstić information content (AvgIpc) is 2.74. The molecule has 0 amide bonds. The van der Waals surface area contributed by atoms with Crippen molar-refractivity contribution in [2.45, 2.75) is 13.5 Å². The maximum Gasteiger partial charge on any atom is 0.170 e. The van der Waals surface area contributed by atoms with E-state index in [1.54, 1.807) is 4.68 Å². The second-order valence-corrected chi connectivity index (χ2v) is 4.51. The second kappa shape index (κ2) is 5.35. The lowest BCUT2D eigenvalue weighted by Gasteiger charge is -2.04. The molecule has 0 atom stereocenters. The van der Waals surface area contributed by atoms with Gasteiger partial charge in [-0.1, -0.05) is 13.0 Å². The summed E-state index contributed by atoms with van der Waals surface area (Å²) in [5.74, 6) is 0.823. The van der Waals surface area contributed by atoms with Crippen LogP contribution < -0.4 is 5.32 Å². The second-order valence-electron chi connectivity index (χ2n) is 3.27. The Kier molecular flexibility index (Phi) is 3.83. The van der Waals surface area contributed by atoms with Crippen molar-refractivity contribution in [1.29, 1.82) is 0 Å². The normalized spacial score (nSPS) is 10.6. The van der Waals surface area contributed by atoms with E-state index in [-0.39, 0.29) is 0 Å². The molecule has 84 valence electrons. The van der Waals surface area contributed by atoms with Crippen LogP contribution in [0.3, 0.4) is 0 Å². The van der Waals surface area contributed by atoms with Crippen LogP contribution >= 0.6 is 22.6 Å². The standard InChI is InChI=1S/C10H12IN5/c1-2-12-7-10-13-14-15-16(10)9-5-3-4-8(11)6-9/h3-6,12H,2,7H2,1H3. The summed E-state index contributed by atoms with van der Waals surface area (Å²) >= 11 is 2.27. The third-order valence-electron chi connectivity index (χ3n) is 2.12. The van der Waals surface area contributed by atoms with Crippen LogP contribution in [0.5, 0.6) is 0 Å². The van der Waals surface area contributed by atoms with Crippen LogP contribution in [0.2, 0.25) is 0 Å². The smallest absolute Gasteiger partial charge is 0.170 e. The molecule has 1 aromatic heterocycles. The SMILES string of the molecule is CCNCc1nnnn1-c1cccc(I)c1. The zero-order valence-electron chi connectivity index (χ0n) is 8.89. The number of benzene rings is 1. The Balaban J connectivity index is 2.29. The van der Waals surface area contributed by atoms with E-state index in [2.05, 4.69) is 50.4 Å². The van der Waals surface area contributed by atoms with Gasteiger partial charge in [-0.2, -0.15) is 4.68 Å². The lowest BCUT2D eigenvalue weighted by molar-refractivity contribution is 0.664. The van der Waals surface area contributed by atoms with Gasteiger partial charge in [0.2, 0.25) is 0 Å². The summed E-state index contributed by atoms with van der Waals surface area (Å²) in [6.07, 6.45) is 0. The number of hydrogen-bond donors (Lipinski definition) is 1. The van der Waals surface area contributed by atoms with Crippen molar-refractivity contribution in [2.24, 2.45) is 0 Å². The van der Waals surface area contributed by atoms with E-state index >= 15 is 0 Å². The summed E-state index contributed by atoms with van der Waals surface area (Å²) in [4.78, 5) is 0. The first-order valence-electron chi connectivity index (χ1n) is 5.05. The molecule has 0 aliphatic rings. The number of rotatable bonds is 4. The van der Waals surface area contributed by atoms with Crippen LogP contribution in [0.1, 0.15) is 12.7 Å². The molecule has 5 nitrogen and oxygen atoms in total. The van der Waals surface area contributed by atoms with Crippen LogP contribution in [0.15, 0.2) is 24.3 Å². The van der Waals surface area contributed by atoms with Crippen LogP contribution in [-0.4, -0.2) is 26.8 Å². The van der Waals surface area contributed by atoms with E-state index < -0.39 is 0 Å². The molecule has 1 heterocycles. The van der Waals surface area contributed by atoms with E-state index in [0.717, 1.165) is 18.1 Å². The van der Waals surface area contributed by atoms with Gasteiger partial charge in [0.15, 0.2) is 5.82 Å². The summed E-state index contributed by atoms with van der Waals surface area (Å²) in [6.45, 7) is 3.63. The molecule has 0 fully saturated rings. The van der Waals surface area contributed by atoms with E-state index in [9.17, 15) is 0 Å². The van der Waals surface area contributed by atoms with Crippen molar-refractivity contribution in [2.75, 3.05) is 6.54 Å². The quantitative estimate of drug-likeness (QED) is 0.861. The van der Waals surface area contributed by atoms with Gasteiger partial charge in [-0.25, -0.2) is 0 Å². The van der Waals surface area contributed by atoms with Crippen LogP contribution in [0, 0.1) is 3.57 Å². The number of aromatic nitrogens is 4. The van der Waals surface area contributed by atoms with E-state index in [4.69, 9.17) is 0 Å². The van der Waals surface area contributed by atoms with Crippen LogP contribution in [-0.2, 0) is 6.54 Å². The van der Waals surface area contributed by atoms with E-state index in [1.807, 2.05) is 24.3 Å². The summed E-state index contributed by atoms with van der Waals surface area (Å²) in [5.41, 5.74) is 0.991. The monoisotopic (exact) mass is 329 g/mol. The molecule has 0 radical (unpaired) electrons. The third kappa shape index (κ3) is 2.56. The molecule has 1 aromatic carbocycles. The zero-order valence-corrected chi connectivity index (χ0v) is 11.0. The molecular weight excluding hydrogens is 317 g/mol. The summed E-state index contributed by atoms with van der Waals surface area (Å²) < 4.78 is 2.92. The van der Waals surface area contributed by atoms with Crippen molar-refractivity contribution in [1.82, 2.24) is 25.5 Å². The number of halogens is 1. The van der Waals surface area contributed by atoms with Gasteiger partial charge in [-0.05, 0) is 57.8 Å². The molecule has 2 aromatic rings. The summed E-state index contributed by atoms with van der Waals surface area (Å²) in [5, 5.41) is 14.9. The first-order valence-corrected chi connectivity index (χ1v) is 6.13. The van der Waals surface area contributed by atoms with Gasteiger partial charge in [0.1, 0.15) is 0 Å². The summed E-state index contributed by atoms with van der Waals surface area (Å²) in [6, 6.07) is 8.08. The van der Waals surface area contributed by atoms with Gasteiger partial charge in [0.25, 0.3) is 0 Å². The van der Waals surface area contributed by atoms with Gasteiger partial charge < -0.3 is 5.32 Å². The topological polar surface area (TPSA) is 55.6 Å². The molecule has 0 saturated heterocycles. The lowest BCUT2D eigenvalue weighted by Crippen LogP contribution is -2.16. The highest BCUT2D eigenvalue weighted by Gasteiger charge is 2.07. The van der Waals surface area contributed by atoms with Crippen molar-refractivity contribution >= 4 is 22.6 Å². The molecule has 2 rings (SSSR count). The Morgan fingerprint density at radius 2 is 2.31 bits per heavy atom. The Morgan fingerprint density at radius 1 is 1.44 bits per heavy atom. The maximum absolute atomic E-state index is 4.00. The average molecular weight is 329 g/mol. The minimum absolute atomic E-state index is 0.676. The molecule has 0 bridgehead atoms. The van der Waals surface area contributed by atoms with Crippen molar-refractivity contribution < 1.29 is 0 Å². The van der Waals surface area contributed by atoms with Gasteiger partial charge in [0, 0.05) is 3.57 Å². The van der Waals surface area contributed by atoms with Crippen molar-refractivity contribution in [3.8, 4) is 5.69 Å². The van der Waals surface area contributed by atoms with E-state index in [0.29, 0.717) is 6.54 Å². The maximum atomic E-state index is 4.00. The molecule has 0 saturated carbocycles. The zero-order chi connectivity index (χ0) is 11.4. The fourth-order valence-electron chi connectivity index (χ4n) is 1.36. The molecule has 0 aliphatic carbocycles. The number of hydrogen-bond acceptors (Lipinski definition) is 4. The van der Waals surface area contributed by atoms with Crippen LogP contribution in [0.25, 0.3) is 5.69 Å². The molecule has 0 aliphatic heterocycles. The van der Waals surface area contributed by atoms with Gasteiger partial charge in [-0.15, -0.1) is 5.10 Å². The number of nitrogens with one attached hydrogen (secondary N) is 1. The van der Waals surface area contributed by atoms with Gasteiger partial charge in [-0.3, -0.25) is 0 Å². The third-order valence-corrected chi connectivity index (χ3v) is 2.79.